The Bertz CT molecular complexity index is 204. The zero-order valence-electron chi connectivity index (χ0n) is 7.54. The number of carbonyl (C=O) groups is 2. The van der Waals surface area contributed by atoms with Gasteiger partial charge in [0.1, 0.15) is 6.04 Å². The first kappa shape index (κ1) is 11.6. The molecule has 0 saturated heterocycles. The Morgan fingerprint density at radius 1 is 1.62 bits per heavy atom. The summed E-state index contributed by atoms with van der Waals surface area (Å²) >= 11 is 0. The van der Waals surface area contributed by atoms with Gasteiger partial charge in [0.2, 0.25) is 5.91 Å². The normalized spacial score (nSPS) is 11.8. The lowest BCUT2D eigenvalue weighted by atomic mass is 10.2. The van der Waals surface area contributed by atoms with Crippen LogP contribution in [0.4, 0.5) is 0 Å². The molecule has 5 heteroatoms. The molecule has 1 amide bonds. The highest BCUT2D eigenvalue weighted by Gasteiger charge is 2.13. The SMILES string of the molecule is C=CC(=O)NCC[C@H](NC)C(=O)O. The highest BCUT2D eigenvalue weighted by molar-refractivity contribution is 5.86. The molecule has 0 unspecified atom stereocenters. The van der Waals surface area contributed by atoms with Gasteiger partial charge in [-0.2, -0.15) is 0 Å². The second-order valence-corrected chi connectivity index (χ2v) is 2.46. The third kappa shape index (κ3) is 4.97. The molecule has 0 aliphatic carbocycles. The van der Waals surface area contributed by atoms with Crippen LogP contribution in [0.1, 0.15) is 6.42 Å². The predicted octanol–water partition coefficient (Wildman–Crippen LogP) is -0.649. The van der Waals surface area contributed by atoms with E-state index in [4.69, 9.17) is 5.11 Å². The van der Waals surface area contributed by atoms with Crippen LogP contribution in [-0.2, 0) is 9.59 Å². The maximum atomic E-state index is 10.7. The first-order valence-electron chi connectivity index (χ1n) is 3.92. The molecule has 0 fully saturated rings. The van der Waals surface area contributed by atoms with Gasteiger partial charge in [-0.15, -0.1) is 0 Å². The summed E-state index contributed by atoms with van der Waals surface area (Å²) in [6.45, 7) is 3.59. The molecule has 0 radical (unpaired) electrons. The van der Waals surface area contributed by atoms with Crippen LogP contribution in [0, 0.1) is 0 Å². The number of carbonyl (C=O) groups excluding carboxylic acids is 1. The smallest absolute Gasteiger partial charge is 0.320 e. The third-order valence-electron chi connectivity index (χ3n) is 1.56. The molecule has 0 aliphatic heterocycles. The Hall–Kier alpha value is -1.36. The van der Waals surface area contributed by atoms with Crippen LogP contribution in [0.2, 0.25) is 0 Å². The lowest BCUT2D eigenvalue weighted by molar-refractivity contribution is -0.139. The van der Waals surface area contributed by atoms with Crippen LogP contribution in [0.3, 0.4) is 0 Å². The molecule has 0 spiro atoms. The molecule has 0 aliphatic rings. The molecule has 0 heterocycles. The zero-order valence-corrected chi connectivity index (χ0v) is 7.54. The molecular weight excluding hydrogens is 172 g/mol. The van der Waals surface area contributed by atoms with Crippen molar-refractivity contribution in [1.29, 1.82) is 0 Å². The molecule has 0 rings (SSSR count). The summed E-state index contributed by atoms with van der Waals surface area (Å²) in [6.07, 6.45) is 1.50. The maximum Gasteiger partial charge on any atom is 0.320 e. The van der Waals surface area contributed by atoms with E-state index in [1.807, 2.05) is 0 Å². The summed E-state index contributed by atoms with van der Waals surface area (Å²) in [5.74, 6) is -1.21. The minimum Gasteiger partial charge on any atom is -0.480 e. The number of hydrogen-bond acceptors (Lipinski definition) is 3. The number of hydrogen-bond donors (Lipinski definition) is 3. The molecule has 0 aromatic heterocycles. The number of carboxylic acids is 1. The van der Waals surface area contributed by atoms with E-state index >= 15 is 0 Å². The number of amides is 1. The van der Waals surface area contributed by atoms with Gasteiger partial charge in [-0.05, 0) is 19.5 Å². The number of carboxylic acid groups (broad SMARTS) is 1. The van der Waals surface area contributed by atoms with Crippen LogP contribution in [0.5, 0.6) is 0 Å². The Kier molecular flexibility index (Phi) is 5.54. The van der Waals surface area contributed by atoms with E-state index in [-0.39, 0.29) is 5.91 Å². The molecule has 0 aromatic carbocycles. The average molecular weight is 186 g/mol. The van der Waals surface area contributed by atoms with Crippen molar-refractivity contribution in [3.8, 4) is 0 Å². The van der Waals surface area contributed by atoms with Gasteiger partial charge in [-0.25, -0.2) is 0 Å². The maximum absolute atomic E-state index is 10.7. The lowest BCUT2D eigenvalue weighted by Crippen LogP contribution is -2.37. The molecule has 1 atom stereocenters. The van der Waals surface area contributed by atoms with Gasteiger partial charge >= 0.3 is 5.97 Å². The van der Waals surface area contributed by atoms with Crippen LogP contribution in [-0.4, -0.2) is 36.6 Å². The molecule has 5 nitrogen and oxygen atoms in total. The fourth-order valence-electron chi connectivity index (χ4n) is 0.803. The molecule has 0 saturated carbocycles. The fraction of sp³-hybridized carbons (Fsp3) is 0.500. The number of rotatable bonds is 6. The van der Waals surface area contributed by atoms with Crippen molar-refractivity contribution in [2.75, 3.05) is 13.6 Å². The largest absolute Gasteiger partial charge is 0.480 e. The van der Waals surface area contributed by atoms with E-state index in [9.17, 15) is 9.59 Å². The van der Waals surface area contributed by atoms with E-state index in [1.165, 1.54) is 0 Å². The molecule has 13 heavy (non-hydrogen) atoms. The average Bonchev–Trinajstić information content (AvgIpc) is 2.11. The topological polar surface area (TPSA) is 78.4 Å². The second-order valence-electron chi connectivity index (χ2n) is 2.46. The van der Waals surface area contributed by atoms with Crippen molar-refractivity contribution < 1.29 is 14.7 Å². The summed E-state index contributed by atoms with van der Waals surface area (Å²) < 4.78 is 0. The molecular formula is C8H14N2O3. The number of aliphatic carboxylic acids is 1. The van der Waals surface area contributed by atoms with Crippen LogP contribution < -0.4 is 10.6 Å². The number of likely N-dealkylation sites (N-methyl/N-ethyl adjacent to an activating group) is 1. The summed E-state index contributed by atoms with van der Waals surface area (Å²) in [4.78, 5) is 21.1. The highest BCUT2D eigenvalue weighted by Crippen LogP contribution is 1.89. The van der Waals surface area contributed by atoms with E-state index < -0.39 is 12.0 Å². The van der Waals surface area contributed by atoms with Crippen molar-refractivity contribution in [2.45, 2.75) is 12.5 Å². The van der Waals surface area contributed by atoms with Gasteiger partial charge in [0.25, 0.3) is 0 Å². The van der Waals surface area contributed by atoms with Crippen molar-refractivity contribution in [2.24, 2.45) is 0 Å². The quantitative estimate of drug-likeness (QED) is 0.482. The van der Waals surface area contributed by atoms with Gasteiger partial charge in [0.15, 0.2) is 0 Å². The van der Waals surface area contributed by atoms with Gasteiger partial charge in [-0.1, -0.05) is 6.58 Å². The molecule has 0 bridgehead atoms. The van der Waals surface area contributed by atoms with Crippen molar-refractivity contribution >= 4 is 11.9 Å². The zero-order chi connectivity index (χ0) is 10.3. The Balaban J connectivity index is 3.67. The standard InChI is InChI=1S/C8H14N2O3/c1-3-7(11)10-5-4-6(9-2)8(12)13/h3,6,9H,1,4-5H2,2H3,(H,10,11)(H,12,13)/t6-/m0/s1. The molecule has 74 valence electrons. The van der Waals surface area contributed by atoms with Crippen LogP contribution >= 0.6 is 0 Å². The summed E-state index contributed by atoms with van der Waals surface area (Å²) in [5, 5.41) is 13.7. The van der Waals surface area contributed by atoms with Crippen molar-refractivity contribution in [1.82, 2.24) is 10.6 Å². The Morgan fingerprint density at radius 3 is 2.62 bits per heavy atom. The first-order chi connectivity index (χ1) is 6.11. The van der Waals surface area contributed by atoms with E-state index in [2.05, 4.69) is 17.2 Å². The second kappa shape index (κ2) is 6.19. The van der Waals surface area contributed by atoms with Gasteiger partial charge in [0, 0.05) is 6.54 Å². The third-order valence-corrected chi connectivity index (χ3v) is 1.56. The van der Waals surface area contributed by atoms with Crippen molar-refractivity contribution in [3.05, 3.63) is 12.7 Å². The van der Waals surface area contributed by atoms with Gasteiger partial charge in [-0.3, -0.25) is 9.59 Å². The summed E-state index contributed by atoms with van der Waals surface area (Å²) in [6, 6.07) is -0.620. The summed E-state index contributed by atoms with van der Waals surface area (Å²) in [5.41, 5.74) is 0. The van der Waals surface area contributed by atoms with Crippen molar-refractivity contribution in [3.63, 3.8) is 0 Å². The summed E-state index contributed by atoms with van der Waals surface area (Å²) in [7, 11) is 1.56. The predicted molar refractivity (Wildman–Crippen MR) is 48.3 cm³/mol. The monoisotopic (exact) mass is 186 g/mol. The lowest BCUT2D eigenvalue weighted by Gasteiger charge is -2.10. The van der Waals surface area contributed by atoms with E-state index in [1.54, 1.807) is 7.05 Å². The molecule has 0 aromatic rings. The van der Waals surface area contributed by atoms with Gasteiger partial charge < -0.3 is 15.7 Å². The fourth-order valence-corrected chi connectivity index (χ4v) is 0.803. The van der Waals surface area contributed by atoms with E-state index in [0.717, 1.165) is 6.08 Å². The van der Waals surface area contributed by atoms with Crippen LogP contribution in [0.25, 0.3) is 0 Å². The molecule has 3 N–H and O–H groups in total. The minimum absolute atomic E-state index is 0.291. The highest BCUT2D eigenvalue weighted by atomic mass is 16.4. The Labute approximate surface area is 76.8 Å². The van der Waals surface area contributed by atoms with Gasteiger partial charge in [0.05, 0.1) is 0 Å². The first-order valence-corrected chi connectivity index (χ1v) is 3.92. The Morgan fingerprint density at radius 2 is 2.23 bits per heavy atom. The van der Waals surface area contributed by atoms with E-state index in [0.29, 0.717) is 13.0 Å². The minimum atomic E-state index is -0.921. The van der Waals surface area contributed by atoms with Crippen LogP contribution in [0.15, 0.2) is 12.7 Å². The number of nitrogens with one attached hydrogen (secondary N) is 2.